The fraction of sp³-hybridized carbons (Fsp3) is 0.273. The lowest BCUT2D eigenvalue weighted by atomic mass is 10.1. The van der Waals surface area contributed by atoms with Crippen LogP contribution < -0.4 is 4.90 Å². The fourth-order valence-corrected chi connectivity index (χ4v) is 3.52. The standard InChI is InChI=1S/C22H22N6O2/c1-14-7-9-15(10-8-14)19-12-28-18(13-29-19)20(24-26-28)21-23-22(30-25-21)16-5-4-6-17(11-16)27(2)3/h4-11,19H,12-13H2,1-3H3. The molecule has 5 rings (SSSR count). The number of hydrogen-bond donors (Lipinski definition) is 0. The molecular weight excluding hydrogens is 380 g/mol. The van der Waals surface area contributed by atoms with Gasteiger partial charge in [0.1, 0.15) is 6.10 Å². The van der Waals surface area contributed by atoms with Crippen LogP contribution in [0.15, 0.2) is 53.1 Å². The van der Waals surface area contributed by atoms with Gasteiger partial charge in [-0.25, -0.2) is 4.68 Å². The van der Waals surface area contributed by atoms with E-state index in [0.717, 1.165) is 22.5 Å². The average Bonchev–Trinajstić information content (AvgIpc) is 3.41. The SMILES string of the molecule is Cc1ccc(C2Cn3nnc(-c4noc(-c5cccc(N(C)C)c5)n4)c3CO2)cc1. The molecule has 4 aromatic rings. The highest BCUT2D eigenvalue weighted by molar-refractivity contribution is 5.63. The fourth-order valence-electron chi connectivity index (χ4n) is 3.52. The molecule has 0 amide bonds. The lowest BCUT2D eigenvalue weighted by Gasteiger charge is -2.24. The third-order valence-electron chi connectivity index (χ3n) is 5.29. The molecule has 1 unspecified atom stereocenters. The second-order valence-electron chi connectivity index (χ2n) is 7.65. The Bertz CT molecular complexity index is 1180. The molecule has 8 nitrogen and oxygen atoms in total. The first-order valence-corrected chi connectivity index (χ1v) is 9.81. The molecular formula is C22H22N6O2. The lowest BCUT2D eigenvalue weighted by Crippen LogP contribution is -2.22. The van der Waals surface area contributed by atoms with Gasteiger partial charge in [0.25, 0.3) is 5.89 Å². The average molecular weight is 402 g/mol. The van der Waals surface area contributed by atoms with E-state index in [1.807, 2.05) is 47.9 Å². The van der Waals surface area contributed by atoms with Gasteiger partial charge in [-0.3, -0.25) is 0 Å². The van der Waals surface area contributed by atoms with Crippen molar-refractivity contribution in [3.05, 3.63) is 65.4 Å². The molecule has 0 saturated heterocycles. The minimum atomic E-state index is -0.0535. The van der Waals surface area contributed by atoms with Crippen molar-refractivity contribution in [2.24, 2.45) is 0 Å². The molecule has 2 aromatic carbocycles. The van der Waals surface area contributed by atoms with Crippen LogP contribution in [0.5, 0.6) is 0 Å². The van der Waals surface area contributed by atoms with E-state index in [-0.39, 0.29) is 6.10 Å². The van der Waals surface area contributed by atoms with Crippen LogP contribution in [0.3, 0.4) is 0 Å². The van der Waals surface area contributed by atoms with Crippen LogP contribution in [0.25, 0.3) is 23.0 Å². The number of ether oxygens (including phenoxy) is 1. The van der Waals surface area contributed by atoms with E-state index in [1.54, 1.807) is 0 Å². The summed E-state index contributed by atoms with van der Waals surface area (Å²) in [4.78, 5) is 6.58. The number of fused-ring (bicyclic) bond motifs is 1. The molecule has 1 atom stereocenters. The highest BCUT2D eigenvalue weighted by Crippen LogP contribution is 2.31. The summed E-state index contributed by atoms with van der Waals surface area (Å²) in [5, 5.41) is 12.7. The van der Waals surface area contributed by atoms with Crippen molar-refractivity contribution in [3.63, 3.8) is 0 Å². The zero-order valence-corrected chi connectivity index (χ0v) is 17.1. The van der Waals surface area contributed by atoms with E-state index in [9.17, 15) is 0 Å². The number of rotatable bonds is 4. The van der Waals surface area contributed by atoms with Gasteiger partial charge in [0.2, 0.25) is 5.82 Å². The molecule has 3 heterocycles. The van der Waals surface area contributed by atoms with Crippen LogP contribution in [0.4, 0.5) is 5.69 Å². The predicted octanol–water partition coefficient (Wildman–Crippen LogP) is 3.64. The van der Waals surface area contributed by atoms with Crippen LogP contribution in [0.1, 0.15) is 22.9 Å². The van der Waals surface area contributed by atoms with Gasteiger partial charge < -0.3 is 14.2 Å². The van der Waals surface area contributed by atoms with Crippen LogP contribution in [-0.4, -0.2) is 39.2 Å². The van der Waals surface area contributed by atoms with E-state index in [4.69, 9.17) is 9.26 Å². The Balaban J connectivity index is 1.40. The van der Waals surface area contributed by atoms with Crippen LogP contribution in [0.2, 0.25) is 0 Å². The maximum absolute atomic E-state index is 6.09. The predicted molar refractivity (Wildman–Crippen MR) is 112 cm³/mol. The van der Waals surface area contributed by atoms with E-state index in [0.29, 0.717) is 30.6 Å². The Morgan fingerprint density at radius 2 is 1.93 bits per heavy atom. The van der Waals surface area contributed by atoms with Crippen molar-refractivity contribution in [1.82, 2.24) is 25.1 Å². The van der Waals surface area contributed by atoms with Gasteiger partial charge in [0.05, 0.1) is 18.8 Å². The van der Waals surface area contributed by atoms with E-state index in [1.165, 1.54) is 5.56 Å². The van der Waals surface area contributed by atoms with Gasteiger partial charge in [0, 0.05) is 25.3 Å². The van der Waals surface area contributed by atoms with Crippen molar-refractivity contribution < 1.29 is 9.26 Å². The summed E-state index contributed by atoms with van der Waals surface area (Å²) in [6.45, 7) is 3.06. The van der Waals surface area contributed by atoms with Gasteiger partial charge in [0.15, 0.2) is 5.69 Å². The Morgan fingerprint density at radius 1 is 1.10 bits per heavy atom. The van der Waals surface area contributed by atoms with Crippen molar-refractivity contribution in [2.45, 2.75) is 26.2 Å². The summed E-state index contributed by atoms with van der Waals surface area (Å²) in [5.74, 6) is 0.864. The maximum atomic E-state index is 6.09. The first kappa shape index (κ1) is 18.5. The number of aryl methyl sites for hydroxylation is 1. The van der Waals surface area contributed by atoms with Crippen molar-refractivity contribution in [1.29, 1.82) is 0 Å². The van der Waals surface area contributed by atoms with E-state index < -0.39 is 0 Å². The third kappa shape index (κ3) is 3.35. The normalized spacial score (nSPS) is 15.8. The highest BCUT2D eigenvalue weighted by Gasteiger charge is 2.27. The second-order valence-corrected chi connectivity index (χ2v) is 7.65. The Hall–Kier alpha value is -3.52. The van der Waals surface area contributed by atoms with Gasteiger partial charge in [-0.05, 0) is 30.7 Å². The highest BCUT2D eigenvalue weighted by atomic mass is 16.5. The summed E-state index contributed by atoms with van der Waals surface area (Å²) in [7, 11) is 3.98. The summed E-state index contributed by atoms with van der Waals surface area (Å²) in [5.41, 5.74) is 5.72. The summed E-state index contributed by atoms with van der Waals surface area (Å²) in [6, 6.07) is 16.3. The molecule has 0 spiro atoms. The zero-order valence-electron chi connectivity index (χ0n) is 17.1. The van der Waals surface area contributed by atoms with Gasteiger partial charge in [-0.15, -0.1) is 5.10 Å². The molecule has 0 aliphatic carbocycles. The first-order valence-electron chi connectivity index (χ1n) is 9.81. The molecule has 1 aliphatic heterocycles. The molecule has 0 saturated carbocycles. The summed E-state index contributed by atoms with van der Waals surface area (Å²) >= 11 is 0. The van der Waals surface area contributed by atoms with Gasteiger partial charge in [-0.1, -0.05) is 46.3 Å². The number of nitrogens with zero attached hydrogens (tertiary/aromatic N) is 6. The second kappa shape index (κ2) is 7.38. The molecule has 1 aliphatic rings. The number of anilines is 1. The van der Waals surface area contributed by atoms with Gasteiger partial charge >= 0.3 is 0 Å². The van der Waals surface area contributed by atoms with Crippen LogP contribution in [0, 0.1) is 6.92 Å². The zero-order chi connectivity index (χ0) is 20.7. The molecule has 152 valence electrons. The Labute approximate surface area is 174 Å². The Kier molecular flexibility index (Phi) is 4.55. The van der Waals surface area contributed by atoms with E-state index >= 15 is 0 Å². The molecule has 2 aromatic heterocycles. The van der Waals surface area contributed by atoms with Crippen molar-refractivity contribution >= 4 is 5.69 Å². The van der Waals surface area contributed by atoms with Crippen LogP contribution in [-0.2, 0) is 17.9 Å². The van der Waals surface area contributed by atoms with Crippen LogP contribution >= 0.6 is 0 Å². The number of aromatic nitrogens is 5. The molecule has 0 radical (unpaired) electrons. The summed E-state index contributed by atoms with van der Waals surface area (Å²) in [6.07, 6.45) is -0.0535. The third-order valence-corrected chi connectivity index (χ3v) is 5.29. The Morgan fingerprint density at radius 3 is 2.73 bits per heavy atom. The molecule has 0 bridgehead atoms. The molecule has 0 N–H and O–H groups in total. The maximum Gasteiger partial charge on any atom is 0.258 e. The topological polar surface area (TPSA) is 82.1 Å². The monoisotopic (exact) mass is 402 g/mol. The van der Waals surface area contributed by atoms with Crippen molar-refractivity contribution in [2.75, 3.05) is 19.0 Å². The quantitative estimate of drug-likeness (QED) is 0.515. The van der Waals surface area contributed by atoms with E-state index in [2.05, 4.69) is 51.6 Å². The minimum absolute atomic E-state index is 0.0535. The molecule has 30 heavy (non-hydrogen) atoms. The number of benzene rings is 2. The van der Waals surface area contributed by atoms with Gasteiger partial charge in [-0.2, -0.15) is 4.98 Å². The first-order chi connectivity index (χ1) is 14.6. The van der Waals surface area contributed by atoms with Crippen molar-refractivity contribution in [3.8, 4) is 23.0 Å². The number of hydrogen-bond acceptors (Lipinski definition) is 7. The summed E-state index contributed by atoms with van der Waals surface area (Å²) < 4.78 is 13.5. The lowest BCUT2D eigenvalue weighted by molar-refractivity contribution is -0.00112. The minimum Gasteiger partial charge on any atom is -0.378 e. The molecule has 0 fully saturated rings. The largest absolute Gasteiger partial charge is 0.378 e. The smallest absolute Gasteiger partial charge is 0.258 e. The molecule has 8 heteroatoms.